The molecule has 2 atom stereocenters. The Kier molecular flexibility index (Phi) is 5.17. The topological polar surface area (TPSA) is 64.3 Å². The Hall–Kier alpha value is -1.36. The average molecular weight is 294 g/mol. The molecule has 1 amide bonds. The number of amides is 1. The Balaban J connectivity index is 2.08. The van der Waals surface area contributed by atoms with Gasteiger partial charge in [-0.05, 0) is 44.6 Å². The molecule has 20 heavy (non-hydrogen) atoms. The van der Waals surface area contributed by atoms with Gasteiger partial charge in [0.15, 0.2) is 5.75 Å². The first kappa shape index (κ1) is 15.0. The van der Waals surface area contributed by atoms with Crippen LogP contribution in [0, 0.1) is 0 Å². The molecule has 0 radical (unpaired) electrons. The van der Waals surface area contributed by atoms with Crippen molar-refractivity contribution in [3.8, 4) is 5.75 Å². The number of carbonyl (C=O) groups is 1. The lowest BCUT2D eigenvalue weighted by molar-refractivity contribution is 0.0934. The Morgan fingerprint density at radius 2 is 2.30 bits per heavy atom. The molecule has 5 heteroatoms. The molecule has 4 nitrogen and oxygen atoms in total. The quantitative estimate of drug-likeness (QED) is 0.820. The van der Waals surface area contributed by atoms with Crippen LogP contribution in [0.1, 0.15) is 36.5 Å². The van der Waals surface area contributed by atoms with Crippen LogP contribution in [0.25, 0.3) is 0 Å². The fraction of sp³-hybridized carbons (Fsp3) is 0.533. The van der Waals surface area contributed by atoms with Crippen molar-refractivity contribution in [1.82, 2.24) is 5.32 Å². The standard InChI is InChI=1S/C15H22N2O2S/c1-3-19-14-12(5-4-6-13(14)16)15(18)17-10-7-8-11(9-10)20-2/h4-6,10-11H,3,7-9,16H2,1-2H3,(H,17,18). The Morgan fingerprint density at radius 3 is 2.95 bits per heavy atom. The lowest BCUT2D eigenvalue weighted by atomic mass is 10.1. The third-order valence-electron chi connectivity index (χ3n) is 3.63. The van der Waals surface area contributed by atoms with E-state index in [1.165, 1.54) is 6.42 Å². The van der Waals surface area contributed by atoms with Crippen LogP contribution in [-0.2, 0) is 0 Å². The molecule has 0 bridgehead atoms. The number of anilines is 1. The van der Waals surface area contributed by atoms with Gasteiger partial charge in [-0.2, -0.15) is 11.8 Å². The van der Waals surface area contributed by atoms with Crippen molar-refractivity contribution < 1.29 is 9.53 Å². The average Bonchev–Trinajstić information content (AvgIpc) is 2.88. The molecule has 1 aromatic rings. The summed E-state index contributed by atoms with van der Waals surface area (Å²) in [5.74, 6) is 0.402. The lowest BCUT2D eigenvalue weighted by Gasteiger charge is -2.16. The van der Waals surface area contributed by atoms with Gasteiger partial charge in [0.25, 0.3) is 5.91 Å². The number of rotatable bonds is 5. The predicted molar refractivity (Wildman–Crippen MR) is 84.4 cm³/mol. The Morgan fingerprint density at radius 1 is 1.50 bits per heavy atom. The fourth-order valence-electron chi connectivity index (χ4n) is 2.59. The summed E-state index contributed by atoms with van der Waals surface area (Å²) in [4.78, 5) is 12.4. The summed E-state index contributed by atoms with van der Waals surface area (Å²) >= 11 is 1.88. The zero-order chi connectivity index (χ0) is 14.5. The molecule has 1 fully saturated rings. The molecule has 2 unspecified atom stereocenters. The smallest absolute Gasteiger partial charge is 0.255 e. The molecule has 0 saturated heterocycles. The van der Waals surface area contributed by atoms with E-state index in [1.54, 1.807) is 18.2 Å². The second kappa shape index (κ2) is 6.88. The molecule has 2 rings (SSSR count). The molecule has 1 aliphatic rings. The largest absolute Gasteiger partial charge is 0.491 e. The van der Waals surface area contributed by atoms with Crippen molar-refractivity contribution in [2.24, 2.45) is 0 Å². The van der Waals surface area contributed by atoms with Gasteiger partial charge in [-0.25, -0.2) is 0 Å². The minimum atomic E-state index is -0.0903. The van der Waals surface area contributed by atoms with Crippen molar-refractivity contribution in [3.05, 3.63) is 23.8 Å². The zero-order valence-corrected chi connectivity index (χ0v) is 12.8. The highest BCUT2D eigenvalue weighted by Crippen LogP contribution is 2.30. The molecular formula is C15H22N2O2S. The van der Waals surface area contributed by atoms with Crippen molar-refractivity contribution in [2.75, 3.05) is 18.6 Å². The first-order chi connectivity index (χ1) is 9.65. The van der Waals surface area contributed by atoms with Crippen molar-refractivity contribution in [3.63, 3.8) is 0 Å². The van der Waals surface area contributed by atoms with E-state index in [9.17, 15) is 4.79 Å². The van der Waals surface area contributed by atoms with Gasteiger partial charge in [0.2, 0.25) is 0 Å². The van der Waals surface area contributed by atoms with Gasteiger partial charge in [0.05, 0.1) is 17.9 Å². The van der Waals surface area contributed by atoms with Gasteiger partial charge in [-0.1, -0.05) is 6.07 Å². The van der Waals surface area contributed by atoms with Gasteiger partial charge in [0, 0.05) is 11.3 Å². The van der Waals surface area contributed by atoms with Crippen LogP contribution in [-0.4, -0.2) is 30.1 Å². The van der Waals surface area contributed by atoms with E-state index in [2.05, 4.69) is 11.6 Å². The Bertz CT molecular complexity index is 479. The highest BCUT2D eigenvalue weighted by molar-refractivity contribution is 7.99. The predicted octanol–water partition coefficient (Wildman–Crippen LogP) is 2.68. The van der Waals surface area contributed by atoms with Crippen molar-refractivity contribution >= 4 is 23.4 Å². The molecule has 1 aromatic carbocycles. The van der Waals surface area contributed by atoms with E-state index in [0.29, 0.717) is 28.9 Å². The van der Waals surface area contributed by atoms with Crippen molar-refractivity contribution in [2.45, 2.75) is 37.5 Å². The van der Waals surface area contributed by atoms with Crippen LogP contribution < -0.4 is 15.8 Å². The number of para-hydroxylation sites is 1. The number of nitrogen functional groups attached to an aromatic ring is 1. The van der Waals surface area contributed by atoms with E-state index in [0.717, 1.165) is 12.8 Å². The van der Waals surface area contributed by atoms with Crippen LogP contribution in [0.4, 0.5) is 5.69 Å². The van der Waals surface area contributed by atoms with E-state index < -0.39 is 0 Å². The summed E-state index contributed by atoms with van der Waals surface area (Å²) in [6.45, 7) is 2.38. The molecule has 0 aliphatic heterocycles. The molecule has 1 saturated carbocycles. The molecule has 0 heterocycles. The molecule has 1 aliphatic carbocycles. The van der Waals surface area contributed by atoms with Crippen LogP contribution in [0.2, 0.25) is 0 Å². The molecule has 0 aromatic heterocycles. The SMILES string of the molecule is CCOc1c(N)cccc1C(=O)NC1CCC(SC)C1. The van der Waals surface area contributed by atoms with Gasteiger partial charge in [0.1, 0.15) is 0 Å². The van der Waals surface area contributed by atoms with E-state index in [1.807, 2.05) is 18.7 Å². The first-order valence-corrected chi connectivity index (χ1v) is 8.29. The number of carbonyl (C=O) groups excluding carboxylic acids is 1. The van der Waals surface area contributed by atoms with Gasteiger partial charge >= 0.3 is 0 Å². The van der Waals surface area contributed by atoms with Gasteiger partial charge in [-0.15, -0.1) is 0 Å². The number of benzene rings is 1. The zero-order valence-electron chi connectivity index (χ0n) is 12.0. The van der Waals surface area contributed by atoms with Gasteiger partial charge in [-0.3, -0.25) is 4.79 Å². The van der Waals surface area contributed by atoms with Crippen LogP contribution in [0.15, 0.2) is 18.2 Å². The maximum Gasteiger partial charge on any atom is 0.255 e. The number of nitrogens with one attached hydrogen (secondary N) is 1. The minimum Gasteiger partial charge on any atom is -0.491 e. The molecule has 0 spiro atoms. The number of nitrogens with two attached hydrogens (primary N) is 1. The summed E-state index contributed by atoms with van der Waals surface area (Å²) in [5, 5.41) is 3.76. The number of hydrogen-bond donors (Lipinski definition) is 2. The molecule has 110 valence electrons. The maximum absolute atomic E-state index is 12.4. The summed E-state index contributed by atoms with van der Waals surface area (Å²) < 4.78 is 5.51. The number of ether oxygens (including phenoxy) is 1. The van der Waals surface area contributed by atoms with Gasteiger partial charge < -0.3 is 15.8 Å². The third kappa shape index (κ3) is 3.39. The first-order valence-electron chi connectivity index (χ1n) is 7.00. The highest BCUT2D eigenvalue weighted by Gasteiger charge is 2.26. The third-order valence-corrected chi connectivity index (χ3v) is 4.73. The highest BCUT2D eigenvalue weighted by atomic mass is 32.2. The minimum absolute atomic E-state index is 0.0903. The lowest BCUT2D eigenvalue weighted by Crippen LogP contribution is -2.33. The molecular weight excluding hydrogens is 272 g/mol. The van der Waals surface area contributed by atoms with Crippen LogP contribution in [0.3, 0.4) is 0 Å². The van der Waals surface area contributed by atoms with E-state index in [4.69, 9.17) is 10.5 Å². The second-order valence-corrected chi connectivity index (χ2v) is 6.14. The van der Waals surface area contributed by atoms with Crippen LogP contribution >= 0.6 is 11.8 Å². The molecule has 3 N–H and O–H groups in total. The second-order valence-electron chi connectivity index (χ2n) is 5.00. The summed E-state index contributed by atoms with van der Waals surface area (Å²) in [5.41, 5.74) is 6.92. The van der Waals surface area contributed by atoms with Crippen LogP contribution in [0.5, 0.6) is 5.75 Å². The number of hydrogen-bond acceptors (Lipinski definition) is 4. The fourth-order valence-corrected chi connectivity index (χ4v) is 3.38. The summed E-state index contributed by atoms with van der Waals surface area (Å²) in [7, 11) is 0. The summed E-state index contributed by atoms with van der Waals surface area (Å²) in [6.07, 6.45) is 5.38. The normalized spacial score (nSPS) is 21.7. The van der Waals surface area contributed by atoms with E-state index >= 15 is 0 Å². The van der Waals surface area contributed by atoms with E-state index in [-0.39, 0.29) is 11.9 Å². The Labute approximate surface area is 124 Å². The monoisotopic (exact) mass is 294 g/mol. The summed E-state index contributed by atoms with van der Waals surface area (Å²) in [6, 6.07) is 5.56. The van der Waals surface area contributed by atoms with Crippen molar-refractivity contribution in [1.29, 1.82) is 0 Å². The maximum atomic E-state index is 12.4. The number of thioether (sulfide) groups is 1.